The second-order valence-electron chi connectivity index (χ2n) is 5.42. The molecule has 0 amide bonds. The van der Waals surface area contributed by atoms with Gasteiger partial charge in [-0.2, -0.15) is 0 Å². The number of hydrogen-bond acceptors (Lipinski definition) is 6. The second-order valence-corrected chi connectivity index (χ2v) is 7.31. The Balaban J connectivity index is 1.66. The first-order chi connectivity index (χ1) is 12.2. The Labute approximate surface area is 151 Å². The van der Waals surface area contributed by atoms with Gasteiger partial charge in [0.05, 0.1) is 10.4 Å². The van der Waals surface area contributed by atoms with Crippen molar-refractivity contribution in [2.45, 2.75) is 13.3 Å². The summed E-state index contributed by atoms with van der Waals surface area (Å²) in [4.78, 5) is 37.0. The lowest BCUT2D eigenvalue weighted by Crippen LogP contribution is -1.99. The molecule has 3 heterocycles. The van der Waals surface area contributed by atoms with Gasteiger partial charge in [0.2, 0.25) is 5.78 Å². The van der Waals surface area contributed by atoms with Gasteiger partial charge in [-0.25, -0.2) is 9.97 Å². The molecule has 0 saturated carbocycles. The van der Waals surface area contributed by atoms with E-state index in [1.165, 1.54) is 22.7 Å². The molecule has 5 nitrogen and oxygen atoms in total. The van der Waals surface area contributed by atoms with E-state index in [9.17, 15) is 9.59 Å². The highest BCUT2D eigenvalue weighted by molar-refractivity contribution is 7.17. The third kappa shape index (κ3) is 2.81. The number of Topliss-reactive ketones (excluding diaryl/α,β-unsaturated/α-hetero) is 1. The highest BCUT2D eigenvalue weighted by atomic mass is 32.1. The molecular weight excluding hydrogens is 354 g/mol. The minimum absolute atomic E-state index is 0.0640. The lowest BCUT2D eigenvalue weighted by atomic mass is 10.1. The second kappa shape index (κ2) is 6.34. The molecule has 0 aliphatic carbocycles. The number of H-pyrrole nitrogens is 1. The molecule has 0 unspecified atom stereocenters. The van der Waals surface area contributed by atoms with Crippen LogP contribution in [0.5, 0.6) is 0 Å². The number of aromatic amines is 1. The molecule has 0 aliphatic rings. The van der Waals surface area contributed by atoms with Crippen LogP contribution in [0.4, 0.5) is 0 Å². The molecule has 25 heavy (non-hydrogen) atoms. The summed E-state index contributed by atoms with van der Waals surface area (Å²) in [5, 5.41) is 3.76. The molecule has 1 aromatic carbocycles. The topological polar surface area (TPSA) is 75.7 Å². The van der Waals surface area contributed by atoms with E-state index in [0.717, 1.165) is 10.9 Å². The molecule has 4 rings (SSSR count). The minimum atomic E-state index is -0.116. The average molecular weight is 367 g/mol. The Morgan fingerprint density at radius 3 is 2.92 bits per heavy atom. The molecule has 0 aliphatic heterocycles. The van der Waals surface area contributed by atoms with E-state index in [1.807, 2.05) is 31.2 Å². The summed E-state index contributed by atoms with van der Waals surface area (Å²) in [6.45, 7) is 1.82. The van der Waals surface area contributed by atoms with Crippen molar-refractivity contribution < 1.29 is 9.59 Å². The van der Waals surface area contributed by atoms with Crippen molar-refractivity contribution in [3.8, 4) is 10.7 Å². The molecule has 0 fully saturated rings. The van der Waals surface area contributed by atoms with Gasteiger partial charge < -0.3 is 4.98 Å². The van der Waals surface area contributed by atoms with Crippen LogP contribution in [0.2, 0.25) is 0 Å². The van der Waals surface area contributed by atoms with E-state index in [-0.39, 0.29) is 11.6 Å². The van der Waals surface area contributed by atoms with Gasteiger partial charge >= 0.3 is 0 Å². The van der Waals surface area contributed by atoms with Crippen LogP contribution in [0, 0.1) is 0 Å². The number of carbonyl (C=O) groups excluding carboxylic acids is 2. The molecular formula is C18H13N3O2S2. The van der Waals surface area contributed by atoms with Gasteiger partial charge in [-0.15, -0.1) is 22.7 Å². The van der Waals surface area contributed by atoms with Crippen LogP contribution in [-0.2, 0) is 0 Å². The summed E-state index contributed by atoms with van der Waals surface area (Å²) < 4.78 is 0. The van der Waals surface area contributed by atoms with Gasteiger partial charge in [0.25, 0.3) is 0 Å². The van der Waals surface area contributed by atoms with Gasteiger partial charge in [-0.3, -0.25) is 9.59 Å². The summed E-state index contributed by atoms with van der Waals surface area (Å²) >= 11 is 2.60. The van der Waals surface area contributed by atoms with Crippen LogP contribution in [0.25, 0.3) is 21.6 Å². The lowest BCUT2D eigenvalue weighted by Gasteiger charge is -1.95. The number of benzene rings is 1. The number of hydrogen-bond donors (Lipinski definition) is 1. The molecule has 4 aromatic rings. The summed E-state index contributed by atoms with van der Waals surface area (Å²) in [6.07, 6.45) is 3.74. The maximum absolute atomic E-state index is 12.8. The van der Waals surface area contributed by atoms with Crippen molar-refractivity contribution in [1.82, 2.24) is 15.0 Å². The van der Waals surface area contributed by atoms with Crippen LogP contribution in [0.15, 0.2) is 42.0 Å². The van der Waals surface area contributed by atoms with E-state index in [1.54, 1.807) is 17.8 Å². The van der Waals surface area contributed by atoms with Crippen molar-refractivity contribution >= 4 is 45.1 Å². The van der Waals surface area contributed by atoms with Gasteiger partial charge in [-0.05, 0) is 6.07 Å². The van der Waals surface area contributed by atoms with Crippen molar-refractivity contribution in [2.24, 2.45) is 0 Å². The standard InChI is InChI=1S/C18H13N3O2S2/c1-2-14(22)15-8-20-17(25-15)13-9-24-18(21-13)16(23)11-7-19-12-6-4-3-5-10(11)12/h3-9,19H,2H2,1H3. The molecule has 0 bridgehead atoms. The number of fused-ring (bicyclic) bond motifs is 1. The maximum Gasteiger partial charge on any atom is 0.223 e. The zero-order valence-corrected chi connectivity index (χ0v) is 14.9. The number of carbonyl (C=O) groups is 2. The highest BCUT2D eigenvalue weighted by Crippen LogP contribution is 2.29. The normalized spacial score (nSPS) is 11.1. The monoisotopic (exact) mass is 367 g/mol. The molecule has 0 spiro atoms. The third-order valence-electron chi connectivity index (χ3n) is 3.85. The van der Waals surface area contributed by atoms with Crippen LogP contribution in [0.1, 0.15) is 38.4 Å². The number of rotatable bonds is 5. The SMILES string of the molecule is CCC(=O)c1cnc(-c2csc(C(=O)c3c[nH]c4ccccc34)n2)s1. The molecule has 1 N–H and O–H groups in total. The summed E-state index contributed by atoms with van der Waals surface area (Å²) in [6, 6.07) is 7.67. The van der Waals surface area contributed by atoms with Crippen molar-refractivity contribution in [3.05, 3.63) is 57.5 Å². The van der Waals surface area contributed by atoms with E-state index < -0.39 is 0 Å². The summed E-state index contributed by atoms with van der Waals surface area (Å²) in [5.41, 5.74) is 2.16. The summed E-state index contributed by atoms with van der Waals surface area (Å²) in [7, 11) is 0. The first kappa shape index (κ1) is 15.9. The fraction of sp³-hybridized carbons (Fsp3) is 0.111. The lowest BCUT2D eigenvalue weighted by molar-refractivity contribution is 0.0990. The smallest absolute Gasteiger partial charge is 0.223 e. The minimum Gasteiger partial charge on any atom is -0.360 e. The van der Waals surface area contributed by atoms with Gasteiger partial charge in [0.1, 0.15) is 10.7 Å². The fourth-order valence-electron chi connectivity index (χ4n) is 2.55. The molecule has 0 saturated heterocycles. The Morgan fingerprint density at radius 2 is 2.08 bits per heavy atom. The fourth-order valence-corrected chi connectivity index (χ4v) is 4.26. The first-order valence-electron chi connectivity index (χ1n) is 7.73. The van der Waals surface area contributed by atoms with Crippen LogP contribution in [0.3, 0.4) is 0 Å². The van der Waals surface area contributed by atoms with Crippen LogP contribution < -0.4 is 0 Å². The van der Waals surface area contributed by atoms with Crippen LogP contribution >= 0.6 is 22.7 Å². The predicted octanol–water partition coefficient (Wildman–Crippen LogP) is 4.57. The van der Waals surface area contributed by atoms with Gasteiger partial charge in [-0.1, -0.05) is 25.1 Å². The number of nitrogens with zero attached hydrogens (tertiary/aromatic N) is 2. The molecule has 3 aromatic heterocycles. The quantitative estimate of drug-likeness (QED) is 0.524. The van der Waals surface area contributed by atoms with Gasteiger partial charge in [0.15, 0.2) is 10.8 Å². The van der Waals surface area contributed by atoms with E-state index in [0.29, 0.717) is 32.6 Å². The number of aromatic nitrogens is 3. The highest BCUT2D eigenvalue weighted by Gasteiger charge is 2.19. The van der Waals surface area contributed by atoms with E-state index in [4.69, 9.17) is 0 Å². The Bertz CT molecular complexity index is 1090. The number of nitrogens with one attached hydrogen (secondary N) is 1. The van der Waals surface area contributed by atoms with Crippen LogP contribution in [-0.4, -0.2) is 26.5 Å². The van der Waals surface area contributed by atoms with Gasteiger partial charge in [0, 0.05) is 35.1 Å². The number of ketones is 2. The molecule has 0 radical (unpaired) electrons. The van der Waals surface area contributed by atoms with Crippen molar-refractivity contribution in [3.63, 3.8) is 0 Å². The first-order valence-corrected chi connectivity index (χ1v) is 9.42. The number of thiazole rings is 2. The van der Waals surface area contributed by atoms with Crippen molar-refractivity contribution in [1.29, 1.82) is 0 Å². The largest absolute Gasteiger partial charge is 0.360 e. The van der Waals surface area contributed by atoms with Crippen molar-refractivity contribution in [2.75, 3.05) is 0 Å². The summed E-state index contributed by atoms with van der Waals surface area (Å²) in [5.74, 6) is -0.0517. The maximum atomic E-state index is 12.8. The predicted molar refractivity (Wildman–Crippen MR) is 99.6 cm³/mol. The third-order valence-corrected chi connectivity index (χ3v) is 5.75. The zero-order chi connectivity index (χ0) is 17.4. The Morgan fingerprint density at radius 1 is 1.24 bits per heavy atom. The Hall–Kier alpha value is -2.64. The number of para-hydroxylation sites is 1. The molecule has 124 valence electrons. The van der Waals surface area contributed by atoms with E-state index in [2.05, 4.69) is 15.0 Å². The Kier molecular flexibility index (Phi) is 4.03. The average Bonchev–Trinajstić information content (AvgIpc) is 3.38. The van der Waals surface area contributed by atoms with E-state index >= 15 is 0 Å². The molecule has 7 heteroatoms. The molecule has 0 atom stereocenters. The zero-order valence-electron chi connectivity index (χ0n) is 13.3.